The van der Waals surface area contributed by atoms with E-state index in [9.17, 15) is 22.8 Å². The highest BCUT2D eigenvalue weighted by Crippen LogP contribution is 2.22. The highest BCUT2D eigenvalue weighted by Gasteiger charge is 2.27. The van der Waals surface area contributed by atoms with Gasteiger partial charge < -0.3 is 10.4 Å². The topological polar surface area (TPSA) is 66.4 Å². The fourth-order valence-electron chi connectivity index (χ4n) is 1.43. The maximum absolute atomic E-state index is 11.9. The van der Waals surface area contributed by atoms with E-state index in [2.05, 4.69) is 5.32 Å². The van der Waals surface area contributed by atoms with Gasteiger partial charge in [-0.25, -0.2) is 0 Å². The van der Waals surface area contributed by atoms with Crippen LogP contribution in [0.3, 0.4) is 0 Å². The van der Waals surface area contributed by atoms with Crippen LogP contribution in [-0.4, -0.2) is 23.2 Å². The molecule has 0 fully saturated rings. The molecule has 19 heavy (non-hydrogen) atoms. The Hall–Kier alpha value is -2.05. The monoisotopic (exact) mass is 275 g/mol. The van der Waals surface area contributed by atoms with Crippen molar-refractivity contribution in [2.24, 2.45) is 0 Å². The second-order valence-corrected chi connectivity index (χ2v) is 3.89. The molecule has 0 saturated heterocycles. The lowest BCUT2D eigenvalue weighted by molar-refractivity contribution is -0.142. The second kappa shape index (κ2) is 6.21. The van der Waals surface area contributed by atoms with E-state index >= 15 is 0 Å². The van der Waals surface area contributed by atoms with Crippen LogP contribution in [0.4, 0.5) is 18.9 Å². The number of hydrogen-bond acceptors (Lipinski definition) is 2. The van der Waals surface area contributed by atoms with Gasteiger partial charge in [-0.15, -0.1) is 0 Å². The molecule has 0 unspecified atom stereocenters. The van der Waals surface area contributed by atoms with Gasteiger partial charge in [0.15, 0.2) is 0 Å². The molecule has 0 aliphatic heterocycles. The minimum Gasteiger partial charge on any atom is -0.481 e. The standard InChI is InChI=1S/C12H12F3NO3/c13-12(14,15)6-5-10(17)16-9-4-2-1-3-8(9)7-11(18)19/h1-4H,5-7H2,(H,16,17)(H,18,19). The number of para-hydroxylation sites is 1. The van der Waals surface area contributed by atoms with Gasteiger partial charge in [-0.2, -0.15) is 13.2 Å². The predicted octanol–water partition coefficient (Wildman–Crippen LogP) is 2.59. The van der Waals surface area contributed by atoms with Crippen LogP contribution < -0.4 is 5.32 Å². The smallest absolute Gasteiger partial charge is 0.389 e. The Morgan fingerprint density at radius 2 is 1.84 bits per heavy atom. The van der Waals surface area contributed by atoms with Gasteiger partial charge in [-0.05, 0) is 11.6 Å². The summed E-state index contributed by atoms with van der Waals surface area (Å²) < 4.78 is 35.8. The number of aliphatic carboxylic acids is 1. The molecule has 4 nitrogen and oxygen atoms in total. The molecule has 2 N–H and O–H groups in total. The highest BCUT2D eigenvalue weighted by molar-refractivity contribution is 5.92. The number of rotatable bonds is 5. The number of halogens is 3. The van der Waals surface area contributed by atoms with Crippen molar-refractivity contribution < 1.29 is 27.9 Å². The SMILES string of the molecule is O=C(O)Cc1ccccc1NC(=O)CCC(F)(F)F. The van der Waals surface area contributed by atoms with Gasteiger partial charge in [0.25, 0.3) is 0 Å². The molecular weight excluding hydrogens is 263 g/mol. The van der Waals surface area contributed by atoms with Gasteiger partial charge in [0.05, 0.1) is 12.8 Å². The van der Waals surface area contributed by atoms with Crippen molar-refractivity contribution in [1.29, 1.82) is 0 Å². The van der Waals surface area contributed by atoms with Gasteiger partial charge in [-0.1, -0.05) is 18.2 Å². The molecule has 0 radical (unpaired) electrons. The fourth-order valence-corrected chi connectivity index (χ4v) is 1.43. The molecule has 1 amide bonds. The van der Waals surface area contributed by atoms with Crippen molar-refractivity contribution in [3.05, 3.63) is 29.8 Å². The number of benzene rings is 1. The number of alkyl halides is 3. The van der Waals surface area contributed by atoms with E-state index in [-0.39, 0.29) is 12.1 Å². The van der Waals surface area contributed by atoms with Gasteiger partial charge in [0, 0.05) is 12.1 Å². The van der Waals surface area contributed by atoms with Crippen LogP contribution >= 0.6 is 0 Å². The van der Waals surface area contributed by atoms with E-state index < -0.39 is 30.9 Å². The molecule has 1 aromatic carbocycles. The summed E-state index contributed by atoms with van der Waals surface area (Å²) in [5, 5.41) is 11.0. The largest absolute Gasteiger partial charge is 0.481 e. The number of carboxylic acids is 1. The van der Waals surface area contributed by atoms with Crippen molar-refractivity contribution in [3.8, 4) is 0 Å². The van der Waals surface area contributed by atoms with Crippen molar-refractivity contribution >= 4 is 17.6 Å². The zero-order chi connectivity index (χ0) is 14.5. The molecule has 1 aromatic rings. The van der Waals surface area contributed by atoms with Crippen molar-refractivity contribution in [2.45, 2.75) is 25.4 Å². The Balaban J connectivity index is 2.66. The number of nitrogens with one attached hydrogen (secondary N) is 1. The van der Waals surface area contributed by atoms with E-state index in [0.29, 0.717) is 5.56 Å². The van der Waals surface area contributed by atoms with E-state index in [1.165, 1.54) is 12.1 Å². The maximum Gasteiger partial charge on any atom is 0.389 e. The molecule has 0 atom stereocenters. The van der Waals surface area contributed by atoms with Crippen molar-refractivity contribution in [3.63, 3.8) is 0 Å². The van der Waals surface area contributed by atoms with Gasteiger partial charge in [0.2, 0.25) is 5.91 Å². The first kappa shape index (κ1) is 15.0. The Morgan fingerprint density at radius 3 is 2.42 bits per heavy atom. The first-order chi connectivity index (χ1) is 8.78. The predicted molar refractivity (Wildman–Crippen MR) is 61.7 cm³/mol. The summed E-state index contributed by atoms with van der Waals surface area (Å²) in [5.41, 5.74) is 0.562. The zero-order valence-corrected chi connectivity index (χ0v) is 9.83. The van der Waals surface area contributed by atoms with Gasteiger partial charge in [0.1, 0.15) is 0 Å². The van der Waals surface area contributed by atoms with Crippen molar-refractivity contribution in [2.75, 3.05) is 5.32 Å². The third-order valence-corrected chi connectivity index (χ3v) is 2.27. The molecule has 0 aliphatic rings. The molecule has 7 heteroatoms. The molecule has 0 saturated carbocycles. The third-order valence-electron chi connectivity index (χ3n) is 2.27. The minimum atomic E-state index is -4.39. The van der Waals surface area contributed by atoms with E-state index in [0.717, 1.165) is 0 Å². The fraction of sp³-hybridized carbons (Fsp3) is 0.333. The lowest BCUT2D eigenvalue weighted by Crippen LogP contribution is -2.17. The molecule has 0 bridgehead atoms. The lowest BCUT2D eigenvalue weighted by atomic mass is 10.1. The van der Waals surface area contributed by atoms with Crippen LogP contribution in [0.25, 0.3) is 0 Å². The number of carbonyl (C=O) groups excluding carboxylic acids is 1. The van der Waals surface area contributed by atoms with E-state index in [1.807, 2.05) is 0 Å². The van der Waals surface area contributed by atoms with Crippen LogP contribution in [0.1, 0.15) is 18.4 Å². The molecule has 0 aliphatic carbocycles. The first-order valence-corrected chi connectivity index (χ1v) is 5.44. The van der Waals surface area contributed by atoms with E-state index in [4.69, 9.17) is 5.11 Å². The Labute approximate surface area is 107 Å². The Kier molecular flexibility index (Phi) is 4.91. The summed E-state index contributed by atoms with van der Waals surface area (Å²) in [6.07, 6.45) is -6.60. The maximum atomic E-state index is 11.9. The summed E-state index contributed by atoms with van der Waals surface area (Å²) in [6, 6.07) is 6.09. The number of hydrogen-bond donors (Lipinski definition) is 2. The second-order valence-electron chi connectivity index (χ2n) is 3.89. The molecule has 0 heterocycles. The van der Waals surface area contributed by atoms with Gasteiger partial charge >= 0.3 is 12.1 Å². The summed E-state index contributed by atoms with van der Waals surface area (Å²) in [5.74, 6) is -1.88. The quantitative estimate of drug-likeness (QED) is 0.868. The summed E-state index contributed by atoms with van der Waals surface area (Å²) >= 11 is 0. The molecule has 104 valence electrons. The third kappa shape index (κ3) is 5.89. The zero-order valence-electron chi connectivity index (χ0n) is 9.83. The summed E-state index contributed by atoms with van der Waals surface area (Å²) in [4.78, 5) is 21.9. The van der Waals surface area contributed by atoms with Crippen molar-refractivity contribution in [1.82, 2.24) is 0 Å². The number of carboxylic acid groups (broad SMARTS) is 1. The van der Waals surface area contributed by atoms with Crippen LogP contribution in [0, 0.1) is 0 Å². The summed E-state index contributed by atoms with van der Waals surface area (Å²) in [6.45, 7) is 0. The number of carbonyl (C=O) groups is 2. The lowest BCUT2D eigenvalue weighted by Gasteiger charge is -2.10. The Morgan fingerprint density at radius 1 is 1.21 bits per heavy atom. The normalized spacial score (nSPS) is 11.1. The van der Waals surface area contributed by atoms with Gasteiger partial charge in [-0.3, -0.25) is 9.59 Å². The van der Waals surface area contributed by atoms with Crippen LogP contribution in [0.5, 0.6) is 0 Å². The minimum absolute atomic E-state index is 0.220. The van der Waals surface area contributed by atoms with Crippen LogP contribution in [0.15, 0.2) is 24.3 Å². The van der Waals surface area contributed by atoms with Crippen LogP contribution in [0.2, 0.25) is 0 Å². The average Bonchev–Trinajstić information content (AvgIpc) is 2.27. The average molecular weight is 275 g/mol. The summed E-state index contributed by atoms with van der Waals surface area (Å²) in [7, 11) is 0. The molecular formula is C12H12F3NO3. The molecule has 0 aromatic heterocycles. The Bertz CT molecular complexity index is 472. The van der Waals surface area contributed by atoms with Crippen LogP contribution in [-0.2, 0) is 16.0 Å². The number of anilines is 1. The molecule has 0 spiro atoms. The molecule has 1 rings (SSSR count). The highest BCUT2D eigenvalue weighted by atomic mass is 19.4. The van der Waals surface area contributed by atoms with E-state index in [1.54, 1.807) is 12.1 Å². The first-order valence-electron chi connectivity index (χ1n) is 5.44. The number of amides is 1.